The number of rotatable bonds is 0. The van der Waals surface area contributed by atoms with Crippen molar-refractivity contribution in [1.82, 2.24) is 0 Å². The maximum Gasteiger partial charge on any atom is 0.348 e. The molecule has 0 saturated carbocycles. The normalized spacial score (nSPS) is 14.7. The van der Waals surface area contributed by atoms with Gasteiger partial charge in [-0.1, -0.05) is 0 Å². The summed E-state index contributed by atoms with van der Waals surface area (Å²) in [6, 6.07) is 0. The van der Waals surface area contributed by atoms with E-state index in [1.165, 1.54) is 0 Å². The Morgan fingerprint density at radius 1 is 1.33 bits per heavy atom. The lowest BCUT2D eigenvalue weighted by atomic mass is 10.1. The second-order valence-electron chi connectivity index (χ2n) is 2.79. The molecule has 1 aliphatic heterocycles. The van der Waals surface area contributed by atoms with Crippen molar-refractivity contribution in [3.63, 3.8) is 0 Å². The summed E-state index contributed by atoms with van der Waals surface area (Å²) in [4.78, 5) is 11.2. The van der Waals surface area contributed by atoms with Gasteiger partial charge in [-0.25, -0.2) is 4.79 Å². The Hall–Kier alpha value is -0.780. The molecule has 4 heteroatoms. The number of furan rings is 2. The van der Waals surface area contributed by atoms with E-state index in [1.54, 1.807) is 0 Å². The summed E-state index contributed by atoms with van der Waals surface area (Å²) in [5.74, 6) is 0.329. The lowest BCUT2D eigenvalue weighted by Gasteiger charge is -1.87. The third-order valence-electron chi connectivity index (χ3n) is 2.15. The molecular weight excluding hydrogens is 271 g/mol. The highest BCUT2D eigenvalue weighted by Gasteiger charge is 2.36. The molecule has 0 aromatic carbocycles. The van der Waals surface area contributed by atoms with Gasteiger partial charge in [0.05, 0.1) is 0 Å². The zero-order valence-corrected chi connectivity index (χ0v) is 8.26. The smallest absolute Gasteiger partial charge is 0.348 e. The summed E-state index contributed by atoms with van der Waals surface area (Å²) in [6.45, 7) is 1.87. The number of carbonyl (C=O) groups is 1. The van der Waals surface area contributed by atoms with E-state index in [4.69, 9.17) is 9.15 Å². The molecule has 3 nitrogen and oxygen atoms in total. The highest BCUT2D eigenvalue weighted by molar-refractivity contribution is 14.1. The van der Waals surface area contributed by atoms with Gasteiger partial charge in [-0.2, -0.15) is 0 Å². The Morgan fingerprint density at radius 2 is 2.08 bits per heavy atom. The Balaban J connectivity index is 2.61. The maximum absolute atomic E-state index is 11.2. The lowest BCUT2D eigenvalue weighted by molar-refractivity contribution is 0.0754. The standard InChI is InChI=1S/C8H3IO3/c1-2-3-6-7(12-8(3)10)4(9)5(2)11-6/h1H3. The van der Waals surface area contributed by atoms with Gasteiger partial charge in [0.2, 0.25) is 0 Å². The average molecular weight is 274 g/mol. The van der Waals surface area contributed by atoms with Gasteiger partial charge < -0.3 is 9.15 Å². The third-order valence-corrected chi connectivity index (χ3v) is 3.13. The monoisotopic (exact) mass is 274 g/mol. The number of halogens is 1. The van der Waals surface area contributed by atoms with E-state index in [1.807, 2.05) is 6.92 Å². The van der Waals surface area contributed by atoms with Crippen LogP contribution in [0.5, 0.6) is 5.75 Å². The SMILES string of the molecule is Cc1c2c3oc1c(I)c3OC2=O. The highest BCUT2D eigenvalue weighted by atomic mass is 127. The minimum atomic E-state index is -0.279. The molecule has 2 aromatic heterocycles. The Bertz CT molecular complexity index is 497. The van der Waals surface area contributed by atoms with E-state index in [-0.39, 0.29) is 5.97 Å². The van der Waals surface area contributed by atoms with Gasteiger partial charge in [-0.15, -0.1) is 0 Å². The number of carbonyl (C=O) groups excluding carboxylic acids is 1. The molecule has 0 aliphatic carbocycles. The number of esters is 1. The van der Waals surface area contributed by atoms with Crippen LogP contribution in [0.2, 0.25) is 0 Å². The largest absolute Gasteiger partial charge is 0.451 e. The maximum atomic E-state index is 11.2. The van der Waals surface area contributed by atoms with Crippen LogP contribution in [0.15, 0.2) is 4.42 Å². The molecule has 0 saturated heterocycles. The van der Waals surface area contributed by atoms with Crippen LogP contribution in [0.1, 0.15) is 15.9 Å². The summed E-state index contributed by atoms with van der Waals surface area (Å²) in [6.07, 6.45) is 0. The highest BCUT2D eigenvalue weighted by Crippen LogP contribution is 2.46. The second kappa shape index (κ2) is 1.76. The first-order valence-corrected chi connectivity index (χ1v) is 4.54. The third kappa shape index (κ3) is 0.502. The van der Waals surface area contributed by atoms with E-state index in [0.29, 0.717) is 16.9 Å². The van der Waals surface area contributed by atoms with Crippen molar-refractivity contribution in [2.75, 3.05) is 0 Å². The van der Waals surface area contributed by atoms with Crippen molar-refractivity contribution in [3.05, 3.63) is 14.7 Å². The van der Waals surface area contributed by atoms with Gasteiger partial charge in [-0.05, 0) is 29.5 Å². The van der Waals surface area contributed by atoms with Gasteiger partial charge in [0.15, 0.2) is 11.3 Å². The fourth-order valence-corrected chi connectivity index (χ4v) is 2.44. The average Bonchev–Trinajstić information content (AvgIpc) is 2.56. The van der Waals surface area contributed by atoms with Gasteiger partial charge in [-0.3, -0.25) is 0 Å². The van der Waals surface area contributed by atoms with Crippen LogP contribution in [0.25, 0.3) is 11.2 Å². The zero-order chi connectivity index (χ0) is 8.46. The van der Waals surface area contributed by atoms with Crippen LogP contribution in [0.4, 0.5) is 0 Å². The van der Waals surface area contributed by atoms with E-state index in [0.717, 1.165) is 14.7 Å². The molecule has 0 N–H and O–H groups in total. The van der Waals surface area contributed by atoms with E-state index in [2.05, 4.69) is 22.6 Å². The molecule has 0 amide bonds. The Morgan fingerprint density at radius 3 is 2.75 bits per heavy atom. The van der Waals surface area contributed by atoms with Gasteiger partial charge in [0.1, 0.15) is 14.7 Å². The number of fused-ring (bicyclic) bond motifs is 1. The molecule has 0 atom stereocenters. The van der Waals surface area contributed by atoms with Crippen LogP contribution in [0.3, 0.4) is 0 Å². The van der Waals surface area contributed by atoms with Crippen molar-refractivity contribution in [2.45, 2.75) is 6.92 Å². The van der Waals surface area contributed by atoms with Crippen LogP contribution in [-0.4, -0.2) is 5.97 Å². The second-order valence-corrected chi connectivity index (χ2v) is 3.87. The van der Waals surface area contributed by atoms with Crippen molar-refractivity contribution < 1.29 is 13.9 Å². The molecule has 2 bridgehead atoms. The molecule has 60 valence electrons. The van der Waals surface area contributed by atoms with E-state index < -0.39 is 0 Å². The molecule has 1 aliphatic rings. The molecule has 12 heavy (non-hydrogen) atoms. The summed E-state index contributed by atoms with van der Waals surface area (Å²) in [5.41, 5.74) is 2.93. The molecule has 0 fully saturated rings. The summed E-state index contributed by atoms with van der Waals surface area (Å²) in [7, 11) is 0. The first-order chi connectivity index (χ1) is 5.70. The Labute approximate surface area is 81.1 Å². The van der Waals surface area contributed by atoms with Crippen molar-refractivity contribution >= 4 is 39.7 Å². The topological polar surface area (TPSA) is 39.4 Å². The minimum Gasteiger partial charge on any atom is -0.451 e. The molecule has 2 aromatic rings. The molecule has 3 rings (SSSR count). The predicted molar refractivity (Wildman–Crippen MR) is 49.8 cm³/mol. The molecule has 0 unspecified atom stereocenters. The van der Waals surface area contributed by atoms with Gasteiger partial charge >= 0.3 is 5.97 Å². The van der Waals surface area contributed by atoms with Gasteiger partial charge in [0, 0.05) is 5.56 Å². The van der Waals surface area contributed by atoms with E-state index in [9.17, 15) is 4.79 Å². The number of hydrogen-bond acceptors (Lipinski definition) is 3. The quantitative estimate of drug-likeness (QED) is 0.546. The molecule has 0 spiro atoms. The molecule has 0 radical (unpaired) electrons. The predicted octanol–water partition coefficient (Wildman–Crippen LogP) is 2.32. The first kappa shape index (κ1) is 6.71. The van der Waals surface area contributed by atoms with Crippen molar-refractivity contribution in [3.8, 4) is 5.75 Å². The fourth-order valence-electron chi connectivity index (χ4n) is 1.57. The van der Waals surface area contributed by atoms with Crippen LogP contribution >= 0.6 is 22.6 Å². The number of aryl methyl sites for hydroxylation is 1. The van der Waals surface area contributed by atoms with Crippen LogP contribution < -0.4 is 4.74 Å². The van der Waals surface area contributed by atoms with Gasteiger partial charge in [0.25, 0.3) is 0 Å². The summed E-state index contributed by atoms with van der Waals surface area (Å²) < 4.78 is 11.3. The summed E-state index contributed by atoms with van der Waals surface area (Å²) >= 11 is 2.12. The zero-order valence-electron chi connectivity index (χ0n) is 6.10. The Kier molecular flexibility index (Phi) is 0.983. The van der Waals surface area contributed by atoms with Crippen molar-refractivity contribution in [2.24, 2.45) is 0 Å². The number of benzene rings is 1. The number of hydrogen-bond donors (Lipinski definition) is 0. The fraction of sp³-hybridized carbons (Fsp3) is 0.125. The van der Waals surface area contributed by atoms with Crippen LogP contribution in [-0.2, 0) is 0 Å². The first-order valence-electron chi connectivity index (χ1n) is 3.46. The molecular formula is C8H3IO3. The molecule has 3 heterocycles. The van der Waals surface area contributed by atoms with E-state index >= 15 is 0 Å². The summed E-state index contributed by atoms with van der Waals surface area (Å²) in [5, 5.41) is 0. The lowest BCUT2D eigenvalue weighted by Crippen LogP contribution is -2.00. The number of ether oxygens (including phenoxy) is 1. The minimum absolute atomic E-state index is 0.279. The van der Waals surface area contributed by atoms with Crippen molar-refractivity contribution in [1.29, 1.82) is 0 Å². The van der Waals surface area contributed by atoms with Crippen LogP contribution in [0, 0.1) is 10.5 Å².